The molecule has 1 aromatic heterocycles. The number of aryl methyl sites for hydroxylation is 2. The number of alkyl carbamates (subject to hydrolysis) is 1. The molecule has 2 aromatic rings. The summed E-state index contributed by atoms with van der Waals surface area (Å²) >= 11 is 1.44. The minimum absolute atomic E-state index is 0.0938. The number of thiazole rings is 1. The van der Waals surface area contributed by atoms with Crippen LogP contribution in [0.5, 0.6) is 0 Å². The first-order valence-electron chi connectivity index (χ1n) is 15.4. The Morgan fingerprint density at radius 1 is 1.04 bits per heavy atom. The first-order valence-corrected chi connectivity index (χ1v) is 16.2. The number of nitrogens with zero attached hydrogens (tertiary/aromatic N) is 3. The predicted octanol–water partition coefficient (Wildman–Crippen LogP) is 4.67. The topological polar surface area (TPSA) is 168 Å². The quantitative estimate of drug-likeness (QED) is 0.251. The van der Waals surface area contributed by atoms with Gasteiger partial charge in [0.05, 0.1) is 17.2 Å². The number of nitrogens with one attached hydrogen (secondary N) is 3. The van der Waals surface area contributed by atoms with Crippen LogP contribution in [0.2, 0.25) is 0 Å². The van der Waals surface area contributed by atoms with Gasteiger partial charge in [0.2, 0.25) is 11.8 Å². The molecule has 1 aliphatic heterocycles. The summed E-state index contributed by atoms with van der Waals surface area (Å²) < 4.78 is 11.2. The summed E-state index contributed by atoms with van der Waals surface area (Å²) in [4.78, 5) is 58.9. The number of hydrogen-bond donors (Lipinski definition) is 4. The van der Waals surface area contributed by atoms with Crippen molar-refractivity contribution in [3.8, 4) is 0 Å². The highest BCUT2D eigenvalue weighted by molar-refractivity contribution is 7.15. The summed E-state index contributed by atoms with van der Waals surface area (Å²) in [5.41, 5.74) is 6.33. The fraction of sp³-hybridized carbons (Fsp3) is 0.594. The van der Waals surface area contributed by atoms with Gasteiger partial charge in [-0.05, 0) is 70.7 Å². The maximum Gasteiger partial charge on any atom is 0.412 e. The van der Waals surface area contributed by atoms with E-state index in [0.717, 1.165) is 35.5 Å². The predicted molar refractivity (Wildman–Crippen MR) is 178 cm³/mol. The molecule has 1 aromatic carbocycles. The SMILES string of the molecule is CC(=O)Nc1nc(CCc2ccc(NC(OC(N)=O)(OC(=O)NC(C)(C)C)C(C)(C)C)cc2)c(CN2CCC[C@H]2C(=O)N(C)C)s1. The minimum Gasteiger partial charge on any atom is -0.387 e. The highest BCUT2D eigenvalue weighted by Gasteiger charge is 2.50. The van der Waals surface area contributed by atoms with E-state index >= 15 is 0 Å². The van der Waals surface area contributed by atoms with Gasteiger partial charge in [-0.25, -0.2) is 14.6 Å². The fourth-order valence-corrected chi connectivity index (χ4v) is 6.14. The van der Waals surface area contributed by atoms with Crippen molar-refractivity contribution in [2.75, 3.05) is 31.3 Å². The van der Waals surface area contributed by atoms with Crippen molar-refractivity contribution in [2.24, 2.45) is 11.1 Å². The lowest BCUT2D eigenvalue weighted by Crippen LogP contribution is -2.59. The van der Waals surface area contributed by atoms with Crippen LogP contribution in [0.4, 0.5) is 20.4 Å². The Kier molecular flexibility index (Phi) is 11.7. The first-order chi connectivity index (χ1) is 21.3. The molecule has 1 unspecified atom stereocenters. The van der Waals surface area contributed by atoms with E-state index in [1.54, 1.807) is 72.7 Å². The van der Waals surface area contributed by atoms with Crippen LogP contribution in [-0.2, 0) is 38.4 Å². The van der Waals surface area contributed by atoms with Gasteiger partial charge in [-0.2, -0.15) is 0 Å². The molecule has 5 N–H and O–H groups in total. The van der Waals surface area contributed by atoms with E-state index in [1.165, 1.54) is 18.3 Å². The molecule has 0 spiro atoms. The zero-order chi connectivity index (χ0) is 34.4. The number of carbonyl (C=O) groups excluding carboxylic acids is 4. The first kappa shape index (κ1) is 36.6. The van der Waals surface area contributed by atoms with E-state index in [0.29, 0.717) is 30.2 Å². The maximum atomic E-state index is 12.8. The minimum atomic E-state index is -1.91. The van der Waals surface area contributed by atoms with Gasteiger partial charge in [-0.15, -0.1) is 11.3 Å². The van der Waals surface area contributed by atoms with Crippen molar-refractivity contribution in [1.29, 1.82) is 0 Å². The number of rotatable bonds is 11. The summed E-state index contributed by atoms with van der Waals surface area (Å²) in [5, 5.41) is 9.14. The lowest BCUT2D eigenvalue weighted by Gasteiger charge is -2.42. The highest BCUT2D eigenvalue weighted by atomic mass is 32.1. The summed E-state index contributed by atoms with van der Waals surface area (Å²) in [5.74, 6) is -2.01. The molecule has 46 heavy (non-hydrogen) atoms. The number of carbonyl (C=O) groups is 4. The molecule has 1 aliphatic rings. The number of likely N-dealkylation sites (tertiary alicyclic amines) is 1. The molecule has 2 atom stereocenters. The van der Waals surface area contributed by atoms with Crippen LogP contribution in [0, 0.1) is 5.41 Å². The van der Waals surface area contributed by atoms with E-state index in [1.807, 2.05) is 12.1 Å². The van der Waals surface area contributed by atoms with E-state index in [2.05, 4.69) is 20.9 Å². The van der Waals surface area contributed by atoms with E-state index in [9.17, 15) is 19.2 Å². The van der Waals surface area contributed by atoms with E-state index < -0.39 is 29.1 Å². The average Bonchev–Trinajstić information content (AvgIpc) is 3.51. The Hall–Kier alpha value is -3.91. The van der Waals surface area contributed by atoms with Crippen molar-refractivity contribution >= 4 is 46.2 Å². The molecule has 14 heteroatoms. The molecule has 1 saturated heterocycles. The Morgan fingerprint density at radius 3 is 2.24 bits per heavy atom. The number of hydrogen-bond acceptors (Lipinski definition) is 10. The summed E-state index contributed by atoms with van der Waals surface area (Å²) in [6, 6.07) is 7.27. The highest BCUT2D eigenvalue weighted by Crippen LogP contribution is 2.37. The molecule has 1 fully saturated rings. The molecule has 0 bridgehead atoms. The Bertz CT molecular complexity index is 1400. The maximum absolute atomic E-state index is 12.8. The lowest BCUT2D eigenvalue weighted by atomic mass is 9.90. The van der Waals surface area contributed by atoms with Gasteiger partial charge in [0, 0.05) is 43.7 Å². The average molecular weight is 660 g/mol. The monoisotopic (exact) mass is 659 g/mol. The molecule has 3 rings (SSSR count). The van der Waals surface area contributed by atoms with E-state index in [-0.39, 0.29) is 17.9 Å². The molecule has 0 radical (unpaired) electrons. The number of benzene rings is 1. The third-order valence-corrected chi connectivity index (χ3v) is 8.35. The second-order valence-electron chi connectivity index (χ2n) is 13.8. The zero-order valence-electron chi connectivity index (χ0n) is 28.4. The van der Waals surface area contributed by atoms with Crippen LogP contribution >= 0.6 is 11.3 Å². The van der Waals surface area contributed by atoms with Crippen LogP contribution in [0.15, 0.2) is 24.3 Å². The molecule has 0 saturated carbocycles. The molecule has 2 heterocycles. The van der Waals surface area contributed by atoms with Crippen molar-refractivity contribution in [1.82, 2.24) is 20.1 Å². The van der Waals surface area contributed by atoms with Gasteiger partial charge in [0.15, 0.2) is 5.13 Å². The molecular formula is C32H49N7O6S. The van der Waals surface area contributed by atoms with Crippen LogP contribution in [0.1, 0.15) is 77.4 Å². The van der Waals surface area contributed by atoms with E-state index in [4.69, 9.17) is 20.2 Å². The normalized spacial score (nSPS) is 16.7. The van der Waals surface area contributed by atoms with Crippen molar-refractivity contribution in [3.63, 3.8) is 0 Å². The lowest BCUT2D eigenvalue weighted by molar-refractivity contribution is -0.202. The van der Waals surface area contributed by atoms with Crippen LogP contribution in [0.3, 0.4) is 0 Å². The van der Waals surface area contributed by atoms with Gasteiger partial charge in [0.1, 0.15) is 0 Å². The third-order valence-electron chi connectivity index (χ3n) is 7.36. The number of amides is 4. The van der Waals surface area contributed by atoms with Crippen LogP contribution < -0.4 is 21.7 Å². The Balaban J connectivity index is 1.79. The molecule has 13 nitrogen and oxygen atoms in total. The smallest absolute Gasteiger partial charge is 0.387 e. The molecule has 4 amide bonds. The second-order valence-corrected chi connectivity index (χ2v) is 14.9. The van der Waals surface area contributed by atoms with Gasteiger partial charge in [-0.3, -0.25) is 14.5 Å². The zero-order valence-corrected chi connectivity index (χ0v) is 29.2. The number of ether oxygens (including phenoxy) is 2. The third kappa shape index (κ3) is 10.0. The summed E-state index contributed by atoms with van der Waals surface area (Å²) in [6.07, 6.45) is 1.15. The number of aromatic nitrogens is 1. The molecule has 0 aliphatic carbocycles. The number of anilines is 2. The number of primary amides is 1. The summed E-state index contributed by atoms with van der Waals surface area (Å²) in [7, 11) is 3.55. The Morgan fingerprint density at radius 2 is 1.70 bits per heavy atom. The fourth-order valence-electron chi connectivity index (χ4n) is 5.06. The van der Waals surface area contributed by atoms with Crippen molar-refractivity contribution < 1.29 is 28.7 Å². The number of nitrogens with two attached hydrogens (primary N) is 1. The largest absolute Gasteiger partial charge is 0.412 e. The van der Waals surface area contributed by atoms with Gasteiger partial charge in [-0.1, -0.05) is 32.9 Å². The second kappa shape index (κ2) is 14.7. The van der Waals surface area contributed by atoms with Crippen LogP contribution in [-0.4, -0.2) is 76.9 Å². The summed E-state index contributed by atoms with van der Waals surface area (Å²) in [6.45, 7) is 13.5. The number of likely N-dealkylation sites (N-methyl/N-ethyl adjacent to an activating group) is 1. The standard InChI is InChI=1S/C32H49N7O6S/c1-20(40)34-28-35-23(25(46-28)19-39-18-10-11-24(39)26(41)38(8)9)17-14-21-12-15-22(16-13-21)36-32(30(2,3)4,44-27(33)42)45-29(43)37-31(5,6)7/h12-13,15-16,24,36H,10-11,14,17-19H2,1-9H3,(H2,33,42)(H,37,43)(H,34,35,40)/t24-,32?/m0/s1. The van der Waals surface area contributed by atoms with Crippen molar-refractivity contribution in [3.05, 3.63) is 40.4 Å². The van der Waals surface area contributed by atoms with Crippen LogP contribution in [0.25, 0.3) is 0 Å². The van der Waals surface area contributed by atoms with Gasteiger partial charge < -0.3 is 36.1 Å². The van der Waals surface area contributed by atoms with Crippen molar-refractivity contribution in [2.45, 2.75) is 98.2 Å². The van der Waals surface area contributed by atoms with Gasteiger partial charge >= 0.3 is 18.1 Å². The Labute approximate surface area is 275 Å². The molecule has 254 valence electrons. The van der Waals surface area contributed by atoms with Gasteiger partial charge in [0.25, 0.3) is 0 Å². The molecular weight excluding hydrogens is 610 g/mol.